The smallest absolute Gasteiger partial charge is 0.503 e. The molecule has 11 rings (SSSR count). The minimum atomic E-state index is 0. The molecule has 0 spiro atoms. The van der Waals surface area contributed by atoms with Crippen LogP contribution in [0.4, 0.5) is 0 Å². The summed E-state index contributed by atoms with van der Waals surface area (Å²) in [4.78, 5) is 9.87. The van der Waals surface area contributed by atoms with Gasteiger partial charge in [-0.1, -0.05) is 125 Å². The average molecular weight is 783 g/mol. The number of hydrogen-bond donors (Lipinski definition) is 0. The molecule has 0 aliphatic rings. The van der Waals surface area contributed by atoms with E-state index in [9.17, 15) is 0 Å². The number of hydrogen-bond acceptors (Lipinski definition) is 3. The van der Waals surface area contributed by atoms with Gasteiger partial charge in [-0.3, -0.25) is 4.98 Å². The maximum absolute atomic E-state index is 6.60. The Morgan fingerprint density at radius 3 is 1.91 bits per heavy atom. The second kappa shape index (κ2) is 12.8. The zero-order valence-electron chi connectivity index (χ0n) is 28.7. The first kappa shape index (κ1) is 32.1. The van der Waals surface area contributed by atoms with Crippen LogP contribution >= 0.6 is 0 Å². The molecular weight excluding hydrogens is 755 g/mol. The Labute approximate surface area is 324 Å². The molecule has 0 N–H and O–H groups in total. The largest absolute Gasteiger partial charge is 2.00 e. The molecule has 5 nitrogen and oxygen atoms in total. The normalized spacial score (nSPS) is 11.6. The van der Waals surface area contributed by atoms with Crippen molar-refractivity contribution in [1.29, 1.82) is 0 Å². The van der Waals surface area contributed by atoms with Crippen LogP contribution < -0.4 is 4.74 Å². The second-order valence-electron chi connectivity index (χ2n) is 13.2. The summed E-state index contributed by atoms with van der Waals surface area (Å²) in [6.07, 6.45) is 1.81. The standard InChI is InChI=1S/C48H28N4O.Pd/c1-3-13-31(14-4-1)38-29-40-35-24-22-33(53-34-23-25-37-36-17-7-9-19-43(36)51(45(37)28-34)47-21-11-12-26-49-47)27-41(35)48-50-42-18-8-10-20-44(42)52(48)46(40)30-39(38)32-15-5-2-6-16-32;/h1-26,29-30H;/q-2;+2. The number of benzene rings is 7. The van der Waals surface area contributed by atoms with E-state index >= 15 is 0 Å². The molecular formula is C48H28N4OPd. The Balaban J connectivity index is 0.00000361. The van der Waals surface area contributed by atoms with E-state index in [0.29, 0.717) is 11.5 Å². The summed E-state index contributed by atoms with van der Waals surface area (Å²) < 4.78 is 11.0. The molecule has 0 atom stereocenters. The van der Waals surface area contributed by atoms with Crippen molar-refractivity contribution in [3.05, 3.63) is 182 Å². The summed E-state index contributed by atoms with van der Waals surface area (Å²) in [6, 6.07) is 64.0. The third kappa shape index (κ3) is 5.04. The molecule has 54 heavy (non-hydrogen) atoms. The Morgan fingerprint density at radius 1 is 0.500 bits per heavy atom. The van der Waals surface area contributed by atoms with Crippen LogP contribution in [0.1, 0.15) is 0 Å². The average Bonchev–Trinajstić information content (AvgIpc) is 3.78. The van der Waals surface area contributed by atoms with Gasteiger partial charge in [0.25, 0.3) is 0 Å². The van der Waals surface area contributed by atoms with Gasteiger partial charge in [-0.05, 0) is 69.4 Å². The molecule has 0 saturated heterocycles. The van der Waals surface area contributed by atoms with Crippen LogP contribution in [-0.2, 0) is 20.4 Å². The fraction of sp³-hybridized carbons (Fsp3) is 0. The van der Waals surface area contributed by atoms with Gasteiger partial charge in [0.1, 0.15) is 5.82 Å². The van der Waals surface area contributed by atoms with E-state index in [2.05, 4.69) is 153 Å². The van der Waals surface area contributed by atoms with Gasteiger partial charge in [0.15, 0.2) is 0 Å². The quantitative estimate of drug-likeness (QED) is 0.0992. The SMILES string of the molecule is [Pd+2].[c-]1c(Oc2[c-]c3c(cc2)c2ccccc2n3-c2ccccn2)ccc2c1c1nc3ccccc3n1c1cc(-c3ccccc3)c(-c3ccccc3)cc21. The predicted octanol–water partition coefficient (Wildman–Crippen LogP) is 12.0. The molecule has 4 heterocycles. The molecule has 11 aromatic rings. The van der Waals surface area contributed by atoms with Crippen LogP contribution in [-0.4, -0.2) is 18.9 Å². The second-order valence-corrected chi connectivity index (χ2v) is 13.2. The van der Waals surface area contributed by atoms with Crippen molar-refractivity contribution in [2.24, 2.45) is 0 Å². The van der Waals surface area contributed by atoms with Crippen LogP contribution in [0.2, 0.25) is 0 Å². The first-order chi connectivity index (χ1) is 26.3. The number of imidazole rings is 1. The fourth-order valence-corrected chi connectivity index (χ4v) is 7.85. The molecule has 256 valence electrons. The Kier molecular flexibility index (Phi) is 7.62. The van der Waals surface area contributed by atoms with Gasteiger partial charge in [-0.2, -0.15) is 6.07 Å². The molecule has 0 radical (unpaired) electrons. The molecule has 0 aliphatic heterocycles. The number of para-hydroxylation sites is 3. The van der Waals surface area contributed by atoms with Gasteiger partial charge in [0.05, 0.1) is 16.7 Å². The van der Waals surface area contributed by atoms with E-state index in [1.807, 2.05) is 42.6 Å². The number of pyridine rings is 2. The zero-order valence-corrected chi connectivity index (χ0v) is 30.2. The number of fused-ring (bicyclic) bond motifs is 11. The maximum Gasteiger partial charge on any atom is 2.00 e. The molecule has 6 heteroatoms. The first-order valence-corrected chi connectivity index (χ1v) is 17.7. The minimum absolute atomic E-state index is 0. The van der Waals surface area contributed by atoms with Crippen molar-refractivity contribution in [1.82, 2.24) is 18.9 Å². The summed E-state index contributed by atoms with van der Waals surface area (Å²) >= 11 is 0. The van der Waals surface area contributed by atoms with Crippen molar-refractivity contribution in [3.8, 4) is 39.6 Å². The van der Waals surface area contributed by atoms with Crippen LogP contribution in [0.5, 0.6) is 11.5 Å². The van der Waals surface area contributed by atoms with E-state index < -0.39 is 0 Å². The molecule has 0 fully saturated rings. The summed E-state index contributed by atoms with van der Waals surface area (Å²) in [5.74, 6) is 2.01. The van der Waals surface area contributed by atoms with E-state index in [-0.39, 0.29) is 20.4 Å². The maximum atomic E-state index is 6.60. The van der Waals surface area contributed by atoms with Gasteiger partial charge in [0.2, 0.25) is 0 Å². The molecule has 0 amide bonds. The third-order valence-corrected chi connectivity index (χ3v) is 10.2. The summed E-state index contributed by atoms with van der Waals surface area (Å²) in [7, 11) is 0. The fourth-order valence-electron chi connectivity index (χ4n) is 7.85. The van der Waals surface area contributed by atoms with Crippen LogP contribution in [0.25, 0.3) is 88.2 Å². The Bertz CT molecular complexity index is 3190. The van der Waals surface area contributed by atoms with E-state index in [1.54, 1.807) is 0 Å². The molecule has 0 unspecified atom stereocenters. The van der Waals surface area contributed by atoms with E-state index in [4.69, 9.17) is 9.72 Å². The van der Waals surface area contributed by atoms with Crippen molar-refractivity contribution in [3.63, 3.8) is 0 Å². The zero-order chi connectivity index (χ0) is 34.9. The molecule has 0 saturated carbocycles. The molecule has 4 aromatic heterocycles. The topological polar surface area (TPSA) is 44.3 Å². The Morgan fingerprint density at radius 2 is 1.15 bits per heavy atom. The summed E-state index contributed by atoms with van der Waals surface area (Å²) in [6.45, 7) is 0. The Hall–Kier alpha value is -6.58. The number of aromatic nitrogens is 4. The van der Waals surface area contributed by atoms with Gasteiger partial charge in [-0.25, -0.2) is 4.98 Å². The molecule has 0 bridgehead atoms. The summed E-state index contributed by atoms with van der Waals surface area (Å²) in [5, 5.41) is 5.29. The molecule has 0 aliphatic carbocycles. The van der Waals surface area contributed by atoms with Crippen LogP contribution in [0.3, 0.4) is 0 Å². The van der Waals surface area contributed by atoms with Gasteiger partial charge >= 0.3 is 20.4 Å². The van der Waals surface area contributed by atoms with Crippen molar-refractivity contribution < 1.29 is 25.2 Å². The van der Waals surface area contributed by atoms with Crippen LogP contribution in [0, 0.1) is 12.1 Å². The third-order valence-electron chi connectivity index (χ3n) is 10.2. The summed E-state index contributed by atoms with van der Waals surface area (Å²) in [5.41, 5.74) is 10.5. The number of ether oxygens (including phenoxy) is 1. The van der Waals surface area contributed by atoms with Gasteiger partial charge in [-0.15, -0.1) is 29.7 Å². The number of nitrogens with zero attached hydrogens (tertiary/aromatic N) is 4. The predicted molar refractivity (Wildman–Crippen MR) is 215 cm³/mol. The van der Waals surface area contributed by atoms with Crippen molar-refractivity contribution in [2.45, 2.75) is 0 Å². The van der Waals surface area contributed by atoms with E-state index in [1.165, 1.54) is 11.1 Å². The van der Waals surface area contributed by atoms with Crippen molar-refractivity contribution >= 4 is 60.2 Å². The van der Waals surface area contributed by atoms with Gasteiger partial charge < -0.3 is 13.7 Å². The first-order valence-electron chi connectivity index (χ1n) is 17.7. The van der Waals surface area contributed by atoms with Crippen molar-refractivity contribution in [2.75, 3.05) is 0 Å². The van der Waals surface area contributed by atoms with E-state index in [0.717, 1.165) is 77.1 Å². The van der Waals surface area contributed by atoms with Crippen LogP contribution in [0.15, 0.2) is 170 Å². The monoisotopic (exact) mass is 782 g/mol. The molecule has 7 aromatic carbocycles. The number of rotatable bonds is 5. The minimum Gasteiger partial charge on any atom is -0.503 e. The van der Waals surface area contributed by atoms with Gasteiger partial charge in [0, 0.05) is 28.7 Å².